The smallest absolute Gasteiger partial charge is 0.422 e. The molecule has 7 nitrogen and oxygen atoms in total. The Morgan fingerprint density at radius 1 is 1.21 bits per heavy atom. The maximum Gasteiger partial charge on any atom is 0.422 e. The van der Waals surface area contributed by atoms with Crippen molar-refractivity contribution in [2.75, 3.05) is 6.61 Å². The molecule has 1 aromatic carbocycles. The molecule has 0 bridgehead atoms. The van der Waals surface area contributed by atoms with E-state index in [1.54, 1.807) is 13.0 Å². The third-order valence-corrected chi connectivity index (χ3v) is 4.81. The van der Waals surface area contributed by atoms with Crippen molar-refractivity contribution in [3.05, 3.63) is 65.1 Å². The Kier molecular flexibility index (Phi) is 5.52. The molecule has 0 aliphatic carbocycles. The van der Waals surface area contributed by atoms with Gasteiger partial charge in [-0.2, -0.15) is 18.3 Å². The molecule has 1 amide bonds. The Morgan fingerprint density at radius 3 is 2.61 bits per heavy atom. The van der Waals surface area contributed by atoms with E-state index in [2.05, 4.69) is 19.8 Å². The lowest BCUT2D eigenvalue weighted by molar-refractivity contribution is -0.154. The number of H-pyrrole nitrogens is 1. The Morgan fingerprint density at radius 2 is 1.94 bits per heavy atom. The first kappa shape index (κ1) is 22.2. The second kappa shape index (κ2) is 8.19. The van der Waals surface area contributed by atoms with Crippen molar-refractivity contribution in [2.24, 2.45) is 5.73 Å². The van der Waals surface area contributed by atoms with Crippen molar-refractivity contribution >= 4 is 16.8 Å². The van der Waals surface area contributed by atoms with Gasteiger partial charge in [-0.25, -0.2) is 13.8 Å². The number of aromatic amines is 1. The summed E-state index contributed by atoms with van der Waals surface area (Å²) < 4.78 is 70.5. The molecule has 0 spiro atoms. The molecule has 3 aromatic heterocycles. The van der Waals surface area contributed by atoms with Crippen molar-refractivity contribution < 1.29 is 31.5 Å². The number of hydrogen-bond acceptors (Lipinski definition) is 4. The number of alkyl halides is 3. The number of pyridine rings is 1. The molecule has 0 saturated heterocycles. The van der Waals surface area contributed by atoms with Crippen LogP contribution in [-0.4, -0.2) is 38.4 Å². The minimum absolute atomic E-state index is 0.0513. The van der Waals surface area contributed by atoms with E-state index in [9.17, 15) is 26.7 Å². The molecule has 0 fully saturated rings. The van der Waals surface area contributed by atoms with Gasteiger partial charge in [-0.1, -0.05) is 0 Å². The highest BCUT2D eigenvalue weighted by Gasteiger charge is 2.29. The van der Waals surface area contributed by atoms with Crippen molar-refractivity contribution in [1.82, 2.24) is 19.7 Å². The van der Waals surface area contributed by atoms with E-state index in [-0.39, 0.29) is 23.7 Å². The van der Waals surface area contributed by atoms with Gasteiger partial charge >= 0.3 is 6.18 Å². The van der Waals surface area contributed by atoms with Gasteiger partial charge in [-0.15, -0.1) is 0 Å². The van der Waals surface area contributed by atoms with Crippen LogP contribution in [-0.2, 0) is 6.54 Å². The number of rotatable bonds is 6. The molecule has 3 N–H and O–H groups in total. The third kappa shape index (κ3) is 4.64. The molecule has 0 aliphatic heterocycles. The Hall–Kier alpha value is -3.96. The zero-order chi connectivity index (χ0) is 23.9. The maximum absolute atomic E-state index is 13.8. The number of hydrogen-bond donors (Lipinski definition) is 2. The number of nitrogens with zero attached hydrogens (tertiary/aromatic N) is 3. The Bertz CT molecular complexity index is 1360. The average Bonchev–Trinajstić information content (AvgIpc) is 3.31. The van der Waals surface area contributed by atoms with Crippen LogP contribution < -0.4 is 10.5 Å². The lowest BCUT2D eigenvalue weighted by Crippen LogP contribution is -2.20. The first-order valence-corrected chi connectivity index (χ1v) is 9.50. The summed E-state index contributed by atoms with van der Waals surface area (Å²) in [6.45, 7) is 0.198. The summed E-state index contributed by atoms with van der Waals surface area (Å²) in [6.07, 6.45) is -0.310. The number of nitrogens with two attached hydrogens (primary N) is 1. The number of carbonyl (C=O) groups excluding carboxylic acids is 1. The van der Waals surface area contributed by atoms with Crippen LogP contribution in [0.5, 0.6) is 5.88 Å². The van der Waals surface area contributed by atoms with Gasteiger partial charge in [0.1, 0.15) is 5.69 Å². The Labute approximate surface area is 183 Å². The number of halogens is 5. The SMILES string of the molecule is Cc1cc(Cn2cc(C(N)=O)c(-c3c[nH]c4cc(F)c(F)cc34)n2)cnc1OCC(F)(F)F. The fourth-order valence-corrected chi connectivity index (χ4v) is 3.39. The zero-order valence-electron chi connectivity index (χ0n) is 17.0. The minimum atomic E-state index is -4.49. The molecule has 0 radical (unpaired) electrons. The number of ether oxygens (including phenoxy) is 1. The molecular weight excluding hydrogens is 449 g/mol. The van der Waals surface area contributed by atoms with Crippen LogP contribution in [0.1, 0.15) is 21.5 Å². The van der Waals surface area contributed by atoms with Crippen LogP contribution in [0.2, 0.25) is 0 Å². The van der Waals surface area contributed by atoms with E-state index in [1.165, 1.54) is 23.3 Å². The zero-order valence-corrected chi connectivity index (χ0v) is 17.0. The molecule has 0 atom stereocenters. The van der Waals surface area contributed by atoms with Gasteiger partial charge in [0, 0.05) is 46.7 Å². The highest BCUT2D eigenvalue weighted by Crippen LogP contribution is 2.31. The minimum Gasteiger partial charge on any atom is -0.468 e. The van der Waals surface area contributed by atoms with Crippen LogP contribution in [0.15, 0.2) is 36.8 Å². The van der Waals surface area contributed by atoms with Gasteiger partial charge in [-0.3, -0.25) is 9.48 Å². The summed E-state index contributed by atoms with van der Waals surface area (Å²) in [5, 5.41) is 4.67. The van der Waals surface area contributed by atoms with E-state index >= 15 is 0 Å². The van der Waals surface area contributed by atoms with Gasteiger partial charge < -0.3 is 15.5 Å². The van der Waals surface area contributed by atoms with Gasteiger partial charge in [0.05, 0.1) is 12.1 Å². The molecule has 0 aliphatic rings. The first-order valence-electron chi connectivity index (χ1n) is 9.50. The molecule has 3 heterocycles. The van der Waals surface area contributed by atoms with E-state index in [1.807, 2.05) is 0 Å². The Balaban J connectivity index is 1.65. The molecular formula is C21H16F5N5O2. The van der Waals surface area contributed by atoms with Crippen LogP contribution >= 0.6 is 0 Å². The van der Waals surface area contributed by atoms with E-state index in [0.717, 1.165) is 12.1 Å². The third-order valence-electron chi connectivity index (χ3n) is 4.81. The maximum atomic E-state index is 13.8. The number of primary amides is 1. The number of benzene rings is 1. The number of aromatic nitrogens is 4. The van der Waals surface area contributed by atoms with Crippen molar-refractivity contribution in [1.29, 1.82) is 0 Å². The highest BCUT2D eigenvalue weighted by atomic mass is 19.4. The number of fused-ring (bicyclic) bond motifs is 1. The summed E-state index contributed by atoms with van der Waals surface area (Å²) in [4.78, 5) is 18.7. The number of aryl methyl sites for hydroxylation is 1. The standard InChI is InChI=1S/C21H16F5N5O2/c1-10-2-11(5-29-20(10)33-9-21(24,25)26)7-31-8-14(19(27)32)18(30-31)13-6-28-17-4-16(23)15(22)3-12(13)17/h2-6,8,28H,7,9H2,1H3,(H2,27,32). The second-order valence-corrected chi connectivity index (χ2v) is 7.34. The predicted octanol–water partition coefficient (Wildman–Crippen LogP) is 4.10. The largest absolute Gasteiger partial charge is 0.468 e. The van der Waals surface area contributed by atoms with Crippen molar-refractivity contribution in [3.63, 3.8) is 0 Å². The van der Waals surface area contributed by atoms with E-state index < -0.39 is 30.3 Å². The van der Waals surface area contributed by atoms with Crippen molar-refractivity contribution in [2.45, 2.75) is 19.6 Å². The quantitative estimate of drug-likeness (QED) is 0.419. The molecule has 172 valence electrons. The summed E-state index contributed by atoms with van der Waals surface area (Å²) in [6, 6.07) is 3.56. The van der Waals surface area contributed by atoms with Gasteiger partial charge in [0.15, 0.2) is 18.2 Å². The highest BCUT2D eigenvalue weighted by molar-refractivity contribution is 6.03. The van der Waals surface area contributed by atoms with Crippen LogP contribution in [0.4, 0.5) is 22.0 Å². The molecule has 0 saturated carbocycles. The lowest BCUT2D eigenvalue weighted by Gasteiger charge is -2.11. The lowest BCUT2D eigenvalue weighted by atomic mass is 10.1. The van der Waals surface area contributed by atoms with Crippen LogP contribution in [0, 0.1) is 18.6 Å². The average molecular weight is 465 g/mol. The van der Waals surface area contributed by atoms with Crippen molar-refractivity contribution in [3.8, 4) is 17.1 Å². The molecule has 33 heavy (non-hydrogen) atoms. The van der Waals surface area contributed by atoms with Gasteiger partial charge in [0.25, 0.3) is 5.91 Å². The number of nitrogens with one attached hydrogen (secondary N) is 1. The number of amides is 1. The number of carbonyl (C=O) groups is 1. The summed E-state index contributed by atoms with van der Waals surface area (Å²) in [5.41, 5.74) is 7.31. The van der Waals surface area contributed by atoms with Gasteiger partial charge in [0.2, 0.25) is 5.88 Å². The molecule has 4 rings (SSSR count). The summed E-state index contributed by atoms with van der Waals surface area (Å²) >= 11 is 0. The normalized spacial score (nSPS) is 11.8. The molecule has 4 aromatic rings. The predicted molar refractivity (Wildman–Crippen MR) is 108 cm³/mol. The fraction of sp³-hybridized carbons (Fsp3) is 0.190. The van der Waals surface area contributed by atoms with Crippen LogP contribution in [0.25, 0.3) is 22.2 Å². The topological polar surface area (TPSA) is 98.8 Å². The summed E-state index contributed by atoms with van der Waals surface area (Å²) in [5.74, 6) is -3.01. The first-order chi connectivity index (χ1) is 15.5. The van der Waals surface area contributed by atoms with Crippen LogP contribution in [0.3, 0.4) is 0 Å². The second-order valence-electron chi connectivity index (χ2n) is 7.34. The fourth-order valence-electron chi connectivity index (χ4n) is 3.39. The molecule has 12 heteroatoms. The van der Waals surface area contributed by atoms with E-state index in [4.69, 9.17) is 5.73 Å². The molecule has 0 unspecified atom stereocenters. The van der Waals surface area contributed by atoms with Gasteiger partial charge in [-0.05, 0) is 24.6 Å². The van der Waals surface area contributed by atoms with E-state index in [0.29, 0.717) is 27.6 Å². The monoisotopic (exact) mass is 465 g/mol. The summed E-state index contributed by atoms with van der Waals surface area (Å²) in [7, 11) is 0.